The number of carbonyl (C=O) groups excluding carboxylic acids is 1. The summed E-state index contributed by atoms with van der Waals surface area (Å²) in [5, 5.41) is 3.29. The molecular formula is C15H21N3O3. The SMILES string of the molecule is CN(Cc1ccc2c(c1)OCO2)C(=O)CN1CCNCC1. The molecular weight excluding hydrogens is 270 g/mol. The second-order valence-corrected chi connectivity index (χ2v) is 5.46. The Bertz CT molecular complexity index is 515. The van der Waals surface area contributed by atoms with Crippen molar-refractivity contribution in [2.45, 2.75) is 6.54 Å². The third kappa shape index (κ3) is 3.46. The van der Waals surface area contributed by atoms with Crippen LogP contribution in [0.3, 0.4) is 0 Å². The summed E-state index contributed by atoms with van der Waals surface area (Å²) in [6, 6.07) is 5.81. The van der Waals surface area contributed by atoms with Gasteiger partial charge in [0.2, 0.25) is 12.7 Å². The Balaban J connectivity index is 1.55. The van der Waals surface area contributed by atoms with Crippen LogP contribution >= 0.6 is 0 Å². The highest BCUT2D eigenvalue weighted by Gasteiger charge is 2.18. The molecule has 6 nitrogen and oxygen atoms in total. The molecule has 6 heteroatoms. The van der Waals surface area contributed by atoms with Gasteiger partial charge in [-0.05, 0) is 17.7 Å². The average molecular weight is 291 g/mol. The Labute approximate surface area is 124 Å². The van der Waals surface area contributed by atoms with E-state index >= 15 is 0 Å². The highest BCUT2D eigenvalue weighted by molar-refractivity contribution is 5.78. The predicted octanol–water partition coefficient (Wildman–Crippen LogP) is 0.279. The van der Waals surface area contributed by atoms with E-state index in [2.05, 4.69) is 10.2 Å². The summed E-state index contributed by atoms with van der Waals surface area (Å²) in [7, 11) is 1.84. The van der Waals surface area contributed by atoms with E-state index in [0.717, 1.165) is 43.2 Å². The highest BCUT2D eigenvalue weighted by atomic mass is 16.7. The average Bonchev–Trinajstić information content (AvgIpc) is 2.95. The molecule has 0 radical (unpaired) electrons. The van der Waals surface area contributed by atoms with Crippen LogP contribution < -0.4 is 14.8 Å². The van der Waals surface area contributed by atoms with Crippen LogP contribution in [0, 0.1) is 0 Å². The Morgan fingerprint density at radius 2 is 2.05 bits per heavy atom. The monoisotopic (exact) mass is 291 g/mol. The van der Waals surface area contributed by atoms with Crippen molar-refractivity contribution in [1.82, 2.24) is 15.1 Å². The number of ether oxygens (including phenoxy) is 2. The van der Waals surface area contributed by atoms with Crippen LogP contribution in [0.5, 0.6) is 11.5 Å². The van der Waals surface area contributed by atoms with Crippen LogP contribution in [0.1, 0.15) is 5.56 Å². The lowest BCUT2D eigenvalue weighted by atomic mass is 10.2. The zero-order valence-corrected chi connectivity index (χ0v) is 12.3. The molecule has 1 aromatic carbocycles. The lowest BCUT2D eigenvalue weighted by Gasteiger charge is -2.28. The van der Waals surface area contributed by atoms with Crippen LogP contribution in [0.2, 0.25) is 0 Å². The fraction of sp³-hybridized carbons (Fsp3) is 0.533. The molecule has 0 aliphatic carbocycles. The number of nitrogens with zero attached hydrogens (tertiary/aromatic N) is 2. The minimum absolute atomic E-state index is 0.148. The van der Waals surface area contributed by atoms with Crippen molar-refractivity contribution in [3.8, 4) is 11.5 Å². The number of hydrogen-bond donors (Lipinski definition) is 1. The zero-order chi connectivity index (χ0) is 14.7. The number of piperazine rings is 1. The minimum atomic E-state index is 0.148. The van der Waals surface area contributed by atoms with Gasteiger partial charge in [0.15, 0.2) is 11.5 Å². The van der Waals surface area contributed by atoms with Crippen molar-refractivity contribution in [2.75, 3.05) is 46.6 Å². The molecule has 0 spiro atoms. The number of rotatable bonds is 4. The zero-order valence-electron chi connectivity index (χ0n) is 12.3. The van der Waals surface area contributed by atoms with Crippen LogP contribution in [0.15, 0.2) is 18.2 Å². The molecule has 1 aromatic rings. The van der Waals surface area contributed by atoms with Gasteiger partial charge in [0.25, 0.3) is 0 Å². The smallest absolute Gasteiger partial charge is 0.236 e. The standard InChI is InChI=1S/C15H21N3O3/c1-17(15(19)10-18-6-4-16-5-7-18)9-12-2-3-13-14(8-12)21-11-20-13/h2-3,8,16H,4-7,9-11H2,1H3. The molecule has 1 N–H and O–H groups in total. The first-order valence-electron chi connectivity index (χ1n) is 7.28. The lowest BCUT2D eigenvalue weighted by Crippen LogP contribution is -2.47. The Morgan fingerprint density at radius 1 is 1.29 bits per heavy atom. The fourth-order valence-corrected chi connectivity index (χ4v) is 2.58. The molecule has 21 heavy (non-hydrogen) atoms. The number of carbonyl (C=O) groups is 1. The van der Waals surface area contributed by atoms with Crippen LogP contribution in [-0.2, 0) is 11.3 Å². The second kappa shape index (κ2) is 6.32. The molecule has 3 rings (SSSR count). The van der Waals surface area contributed by atoms with E-state index in [1.165, 1.54) is 0 Å². The summed E-state index contributed by atoms with van der Waals surface area (Å²) in [5.41, 5.74) is 1.05. The normalized spacial score (nSPS) is 17.8. The molecule has 2 heterocycles. The third-order valence-electron chi connectivity index (χ3n) is 3.85. The number of fused-ring (bicyclic) bond motifs is 1. The Hall–Kier alpha value is -1.79. The molecule has 114 valence electrons. The van der Waals surface area contributed by atoms with Gasteiger partial charge in [-0.25, -0.2) is 0 Å². The fourth-order valence-electron chi connectivity index (χ4n) is 2.58. The Kier molecular flexibility index (Phi) is 4.26. The summed E-state index contributed by atoms with van der Waals surface area (Å²) < 4.78 is 10.7. The van der Waals surface area contributed by atoms with Gasteiger partial charge in [0, 0.05) is 39.8 Å². The van der Waals surface area contributed by atoms with E-state index in [9.17, 15) is 4.79 Å². The summed E-state index contributed by atoms with van der Waals surface area (Å²) in [6.45, 7) is 5.13. The van der Waals surface area contributed by atoms with E-state index in [0.29, 0.717) is 13.1 Å². The van der Waals surface area contributed by atoms with E-state index in [-0.39, 0.29) is 12.7 Å². The van der Waals surface area contributed by atoms with Gasteiger partial charge in [0.1, 0.15) is 0 Å². The van der Waals surface area contributed by atoms with Crippen LogP contribution in [0.4, 0.5) is 0 Å². The number of likely N-dealkylation sites (N-methyl/N-ethyl adjacent to an activating group) is 1. The van der Waals surface area contributed by atoms with Gasteiger partial charge >= 0.3 is 0 Å². The van der Waals surface area contributed by atoms with Crippen LogP contribution in [0.25, 0.3) is 0 Å². The van der Waals surface area contributed by atoms with Crippen molar-refractivity contribution >= 4 is 5.91 Å². The summed E-state index contributed by atoms with van der Waals surface area (Å²) >= 11 is 0. The van der Waals surface area contributed by atoms with Gasteiger partial charge in [-0.15, -0.1) is 0 Å². The van der Waals surface area contributed by atoms with Gasteiger partial charge in [0.05, 0.1) is 6.54 Å². The Morgan fingerprint density at radius 3 is 2.86 bits per heavy atom. The number of benzene rings is 1. The first kappa shape index (κ1) is 14.2. The van der Waals surface area contributed by atoms with Crippen LogP contribution in [-0.4, -0.2) is 62.3 Å². The number of amides is 1. The van der Waals surface area contributed by atoms with E-state index < -0.39 is 0 Å². The molecule has 1 saturated heterocycles. The molecule has 0 saturated carbocycles. The molecule has 2 aliphatic rings. The topological polar surface area (TPSA) is 54.0 Å². The predicted molar refractivity (Wildman–Crippen MR) is 78.3 cm³/mol. The van der Waals surface area contributed by atoms with Crippen molar-refractivity contribution in [2.24, 2.45) is 0 Å². The molecule has 1 fully saturated rings. The maximum atomic E-state index is 12.3. The highest BCUT2D eigenvalue weighted by Crippen LogP contribution is 2.32. The van der Waals surface area contributed by atoms with Gasteiger partial charge in [-0.2, -0.15) is 0 Å². The molecule has 1 amide bonds. The third-order valence-corrected chi connectivity index (χ3v) is 3.85. The van der Waals surface area contributed by atoms with Crippen molar-refractivity contribution in [1.29, 1.82) is 0 Å². The van der Waals surface area contributed by atoms with E-state index in [1.54, 1.807) is 4.90 Å². The molecule has 2 aliphatic heterocycles. The molecule has 0 unspecified atom stereocenters. The minimum Gasteiger partial charge on any atom is -0.454 e. The van der Waals surface area contributed by atoms with Gasteiger partial charge in [-0.3, -0.25) is 9.69 Å². The number of hydrogen-bond acceptors (Lipinski definition) is 5. The first-order chi connectivity index (χ1) is 10.2. The first-order valence-corrected chi connectivity index (χ1v) is 7.28. The quantitative estimate of drug-likeness (QED) is 0.863. The molecule has 0 aromatic heterocycles. The maximum absolute atomic E-state index is 12.3. The largest absolute Gasteiger partial charge is 0.454 e. The van der Waals surface area contributed by atoms with Crippen molar-refractivity contribution in [3.05, 3.63) is 23.8 Å². The molecule has 0 bridgehead atoms. The van der Waals surface area contributed by atoms with Crippen molar-refractivity contribution in [3.63, 3.8) is 0 Å². The van der Waals surface area contributed by atoms with E-state index in [4.69, 9.17) is 9.47 Å². The van der Waals surface area contributed by atoms with Gasteiger partial charge < -0.3 is 19.7 Å². The van der Waals surface area contributed by atoms with Gasteiger partial charge in [-0.1, -0.05) is 6.07 Å². The van der Waals surface area contributed by atoms with E-state index in [1.807, 2.05) is 25.2 Å². The number of nitrogens with one attached hydrogen (secondary N) is 1. The summed E-state index contributed by atoms with van der Waals surface area (Å²) in [6.07, 6.45) is 0. The summed E-state index contributed by atoms with van der Waals surface area (Å²) in [4.78, 5) is 16.2. The maximum Gasteiger partial charge on any atom is 0.236 e. The molecule has 0 atom stereocenters. The second-order valence-electron chi connectivity index (χ2n) is 5.46. The lowest BCUT2D eigenvalue weighted by molar-refractivity contribution is -0.131. The summed E-state index contributed by atoms with van der Waals surface area (Å²) in [5.74, 6) is 1.68. The van der Waals surface area contributed by atoms with Crippen molar-refractivity contribution < 1.29 is 14.3 Å².